The van der Waals surface area contributed by atoms with Crippen molar-refractivity contribution in [2.45, 2.75) is 52.4 Å². The van der Waals surface area contributed by atoms with Gasteiger partial charge >= 0.3 is 0 Å². The number of fused-ring (bicyclic) bond motifs is 1. The first-order chi connectivity index (χ1) is 11.6. The molecule has 1 aromatic rings. The molecule has 2 aliphatic rings. The molecule has 0 saturated carbocycles. The molecule has 3 rings (SSSR count). The maximum atomic E-state index is 12.4. The Bertz CT molecular complexity index is 636. The number of carbonyl (C=O) groups is 1. The second-order valence-corrected chi connectivity index (χ2v) is 8.78. The number of hydrogen-bond acceptors (Lipinski definition) is 3. The van der Waals surface area contributed by atoms with E-state index in [1.807, 2.05) is 0 Å². The van der Waals surface area contributed by atoms with Crippen LogP contribution in [0.5, 0.6) is 0 Å². The third-order valence-electron chi connectivity index (χ3n) is 5.32. The summed E-state index contributed by atoms with van der Waals surface area (Å²) >= 11 is 1.62. The van der Waals surface area contributed by atoms with Crippen LogP contribution < -0.4 is 10.2 Å². The molecular formula is C19H28N3OS+. The van der Waals surface area contributed by atoms with E-state index in [4.69, 9.17) is 0 Å². The number of hydrogen-bond donors (Lipinski definition) is 2. The van der Waals surface area contributed by atoms with Gasteiger partial charge in [-0.15, -0.1) is 11.3 Å². The van der Waals surface area contributed by atoms with Crippen molar-refractivity contribution in [1.29, 1.82) is 5.26 Å². The van der Waals surface area contributed by atoms with Gasteiger partial charge in [0.05, 0.1) is 31.6 Å². The topological polar surface area (TPSA) is 57.3 Å². The van der Waals surface area contributed by atoms with Crippen molar-refractivity contribution in [1.82, 2.24) is 0 Å². The van der Waals surface area contributed by atoms with Crippen LogP contribution in [0.15, 0.2) is 0 Å². The summed E-state index contributed by atoms with van der Waals surface area (Å²) in [6.45, 7) is 7.87. The highest BCUT2D eigenvalue weighted by atomic mass is 32.1. The number of nitrogens with one attached hydrogen (secondary N) is 2. The normalized spacial score (nSPS) is 26.5. The van der Waals surface area contributed by atoms with E-state index in [0.29, 0.717) is 6.42 Å². The summed E-state index contributed by atoms with van der Waals surface area (Å²) in [6, 6.07) is 2.32. The minimum Gasteiger partial charge on any atom is -0.334 e. The zero-order chi connectivity index (χ0) is 17.1. The van der Waals surface area contributed by atoms with E-state index in [9.17, 15) is 10.1 Å². The summed E-state index contributed by atoms with van der Waals surface area (Å²) in [5.41, 5.74) is 1.91. The second-order valence-electron chi connectivity index (χ2n) is 7.68. The Balaban J connectivity index is 1.57. The van der Waals surface area contributed by atoms with Crippen LogP contribution in [0.2, 0.25) is 0 Å². The number of nitriles is 1. The van der Waals surface area contributed by atoms with Gasteiger partial charge in [-0.25, -0.2) is 0 Å². The second kappa shape index (κ2) is 7.67. The number of aryl methyl sites for hydroxylation is 1. The minimum atomic E-state index is 0.0588. The summed E-state index contributed by atoms with van der Waals surface area (Å²) in [4.78, 5) is 15.2. The molecular weight excluding hydrogens is 318 g/mol. The van der Waals surface area contributed by atoms with Crippen molar-refractivity contribution >= 4 is 22.2 Å². The number of amides is 1. The van der Waals surface area contributed by atoms with Crippen molar-refractivity contribution in [3.63, 3.8) is 0 Å². The molecule has 0 unspecified atom stereocenters. The Labute approximate surface area is 148 Å². The molecule has 2 atom stereocenters. The summed E-state index contributed by atoms with van der Waals surface area (Å²) in [7, 11) is 0. The van der Waals surface area contributed by atoms with Crippen molar-refractivity contribution in [3.05, 3.63) is 16.0 Å². The molecule has 1 saturated heterocycles. The predicted molar refractivity (Wildman–Crippen MR) is 97.4 cm³/mol. The van der Waals surface area contributed by atoms with Crippen LogP contribution in [0.3, 0.4) is 0 Å². The molecule has 2 heterocycles. The summed E-state index contributed by atoms with van der Waals surface area (Å²) < 4.78 is 0. The van der Waals surface area contributed by atoms with Gasteiger partial charge in [0.2, 0.25) is 5.91 Å². The van der Waals surface area contributed by atoms with Gasteiger partial charge in [-0.05, 0) is 37.7 Å². The SMILES string of the molecule is C[C@H]1C[C@H](C)C[NH+](CCC(=O)Nc2sc3c(c2C#N)CCCC3)C1. The number of rotatable bonds is 4. The van der Waals surface area contributed by atoms with Gasteiger partial charge in [0.15, 0.2) is 0 Å². The van der Waals surface area contributed by atoms with Gasteiger partial charge in [0.1, 0.15) is 11.1 Å². The predicted octanol–water partition coefficient (Wildman–Crippen LogP) is 2.39. The molecule has 0 aromatic carbocycles. The molecule has 24 heavy (non-hydrogen) atoms. The lowest BCUT2D eigenvalue weighted by Crippen LogP contribution is -3.14. The Morgan fingerprint density at radius 3 is 2.71 bits per heavy atom. The van der Waals surface area contributed by atoms with Crippen LogP contribution in [0.1, 0.15) is 55.5 Å². The smallest absolute Gasteiger partial charge is 0.230 e. The van der Waals surface area contributed by atoms with E-state index in [2.05, 4.69) is 25.2 Å². The lowest BCUT2D eigenvalue weighted by atomic mass is 9.92. The van der Waals surface area contributed by atoms with Crippen LogP contribution in [0.4, 0.5) is 5.00 Å². The fourth-order valence-corrected chi connectivity index (χ4v) is 5.63. The Hall–Kier alpha value is -1.38. The highest BCUT2D eigenvalue weighted by Crippen LogP contribution is 2.37. The molecule has 1 aliphatic heterocycles. The lowest BCUT2D eigenvalue weighted by molar-refractivity contribution is -0.911. The number of piperidine rings is 1. The van der Waals surface area contributed by atoms with E-state index in [1.54, 1.807) is 16.2 Å². The maximum absolute atomic E-state index is 12.4. The first kappa shape index (κ1) is 17.4. The monoisotopic (exact) mass is 346 g/mol. The zero-order valence-electron chi connectivity index (χ0n) is 14.8. The highest BCUT2D eigenvalue weighted by Gasteiger charge is 2.26. The first-order valence-corrected chi connectivity index (χ1v) is 10.1. The fraction of sp³-hybridized carbons (Fsp3) is 0.684. The van der Waals surface area contributed by atoms with E-state index in [-0.39, 0.29) is 5.91 Å². The molecule has 1 amide bonds. The number of nitrogens with zero attached hydrogens (tertiary/aromatic N) is 1. The van der Waals surface area contributed by atoms with Gasteiger partial charge in [-0.3, -0.25) is 4.79 Å². The molecule has 4 nitrogen and oxygen atoms in total. The van der Waals surface area contributed by atoms with E-state index in [1.165, 1.54) is 36.4 Å². The number of carbonyl (C=O) groups excluding carboxylic acids is 1. The van der Waals surface area contributed by atoms with Crippen LogP contribution in [0.25, 0.3) is 0 Å². The van der Waals surface area contributed by atoms with Gasteiger partial charge in [0.25, 0.3) is 0 Å². The van der Waals surface area contributed by atoms with Crippen LogP contribution >= 0.6 is 11.3 Å². The van der Waals surface area contributed by atoms with E-state index in [0.717, 1.165) is 48.2 Å². The third-order valence-corrected chi connectivity index (χ3v) is 6.53. The van der Waals surface area contributed by atoms with Crippen molar-refractivity contribution in [2.75, 3.05) is 25.0 Å². The van der Waals surface area contributed by atoms with Gasteiger partial charge in [0, 0.05) is 16.7 Å². The number of anilines is 1. The average Bonchev–Trinajstić information content (AvgIpc) is 2.89. The first-order valence-electron chi connectivity index (χ1n) is 9.24. The van der Waals surface area contributed by atoms with Crippen LogP contribution in [-0.2, 0) is 17.6 Å². The Morgan fingerprint density at radius 1 is 1.29 bits per heavy atom. The maximum Gasteiger partial charge on any atom is 0.230 e. The molecule has 130 valence electrons. The highest BCUT2D eigenvalue weighted by molar-refractivity contribution is 7.16. The minimum absolute atomic E-state index is 0.0588. The van der Waals surface area contributed by atoms with Gasteiger partial charge in [-0.1, -0.05) is 13.8 Å². The largest absolute Gasteiger partial charge is 0.334 e. The van der Waals surface area contributed by atoms with Crippen LogP contribution in [-0.4, -0.2) is 25.5 Å². The zero-order valence-corrected chi connectivity index (χ0v) is 15.6. The molecule has 0 radical (unpaired) electrons. The fourth-order valence-electron chi connectivity index (χ4n) is 4.38. The molecule has 1 aliphatic carbocycles. The van der Waals surface area contributed by atoms with Crippen LogP contribution in [0, 0.1) is 23.2 Å². The standard InChI is InChI=1S/C19H27N3OS/c1-13-9-14(2)12-22(11-13)8-7-18(23)21-19-16(10-20)15-5-3-4-6-17(15)24-19/h13-14H,3-9,11-12H2,1-2H3,(H,21,23)/p+1/t13-,14-/m0/s1. The molecule has 0 spiro atoms. The Kier molecular flexibility index (Phi) is 5.57. The summed E-state index contributed by atoms with van der Waals surface area (Å²) in [5.74, 6) is 1.56. The lowest BCUT2D eigenvalue weighted by Gasteiger charge is -2.31. The Morgan fingerprint density at radius 2 is 2.00 bits per heavy atom. The van der Waals surface area contributed by atoms with Gasteiger partial charge < -0.3 is 10.2 Å². The van der Waals surface area contributed by atoms with Gasteiger partial charge in [-0.2, -0.15) is 5.26 Å². The van der Waals surface area contributed by atoms with Crippen molar-refractivity contribution < 1.29 is 9.69 Å². The molecule has 1 aromatic heterocycles. The molecule has 1 fully saturated rings. The van der Waals surface area contributed by atoms with Crippen molar-refractivity contribution in [2.24, 2.45) is 11.8 Å². The van der Waals surface area contributed by atoms with Crippen molar-refractivity contribution in [3.8, 4) is 6.07 Å². The average molecular weight is 347 g/mol. The number of likely N-dealkylation sites (tertiary alicyclic amines) is 1. The quantitative estimate of drug-likeness (QED) is 0.879. The summed E-state index contributed by atoms with van der Waals surface area (Å²) in [5, 5.41) is 13.3. The number of quaternary nitrogens is 1. The summed E-state index contributed by atoms with van der Waals surface area (Å²) in [6.07, 6.45) is 6.24. The van der Waals surface area contributed by atoms with E-state index >= 15 is 0 Å². The molecule has 5 heteroatoms. The molecule has 0 bridgehead atoms. The third kappa shape index (κ3) is 3.99. The molecule has 2 N–H and O–H groups in total. The van der Waals surface area contributed by atoms with E-state index < -0.39 is 0 Å². The number of thiophene rings is 1.